The van der Waals surface area contributed by atoms with Gasteiger partial charge in [0.2, 0.25) is 5.91 Å². The summed E-state index contributed by atoms with van der Waals surface area (Å²) in [5.41, 5.74) is 0.865. The van der Waals surface area contributed by atoms with Crippen LogP contribution in [-0.2, 0) is 26.4 Å². The molecule has 0 aliphatic carbocycles. The van der Waals surface area contributed by atoms with Crippen molar-refractivity contribution >= 4 is 12.0 Å². The Kier molecular flexibility index (Phi) is 6.08. The first-order chi connectivity index (χ1) is 13.1. The molecule has 1 heterocycles. The van der Waals surface area contributed by atoms with Crippen LogP contribution in [0.3, 0.4) is 0 Å². The lowest BCUT2D eigenvalue weighted by Crippen LogP contribution is -2.47. The summed E-state index contributed by atoms with van der Waals surface area (Å²) >= 11 is 0. The fraction of sp³-hybridized carbons (Fsp3) is 0.333. The molecule has 1 fully saturated rings. The van der Waals surface area contributed by atoms with Gasteiger partial charge in [0.05, 0.1) is 18.6 Å². The first-order valence-electron chi connectivity index (χ1n) is 8.97. The minimum absolute atomic E-state index is 0.0674. The number of alkyl carbamates (subject to hydrolysis) is 1. The van der Waals surface area contributed by atoms with Crippen LogP contribution in [-0.4, -0.2) is 36.8 Å². The standard InChI is InChI=1S/C21H24N2O4/c1-21(18-10-6-3-7-11-18,14-19(24)23-12-13-26-16-23)22-20(25)27-15-17-8-4-2-5-9-17/h2-11H,12-16H2,1H3,(H,22,25). The molecular weight excluding hydrogens is 344 g/mol. The molecule has 2 aromatic carbocycles. The Morgan fingerprint density at radius 2 is 1.78 bits per heavy atom. The van der Waals surface area contributed by atoms with Crippen LogP contribution in [0.15, 0.2) is 60.7 Å². The van der Waals surface area contributed by atoms with Gasteiger partial charge in [0, 0.05) is 6.54 Å². The highest BCUT2D eigenvalue weighted by Gasteiger charge is 2.34. The van der Waals surface area contributed by atoms with Gasteiger partial charge in [-0.1, -0.05) is 60.7 Å². The first-order valence-corrected chi connectivity index (χ1v) is 8.97. The molecule has 1 saturated heterocycles. The zero-order chi connectivity index (χ0) is 19.1. The molecule has 0 saturated carbocycles. The average Bonchev–Trinajstić information content (AvgIpc) is 3.23. The number of hydrogen-bond donors (Lipinski definition) is 1. The van der Waals surface area contributed by atoms with E-state index in [4.69, 9.17) is 9.47 Å². The van der Waals surface area contributed by atoms with Gasteiger partial charge in [0.1, 0.15) is 13.3 Å². The third-order valence-corrected chi connectivity index (χ3v) is 4.61. The smallest absolute Gasteiger partial charge is 0.408 e. The fourth-order valence-electron chi connectivity index (χ4n) is 3.03. The number of amides is 2. The zero-order valence-electron chi connectivity index (χ0n) is 15.4. The Labute approximate surface area is 159 Å². The molecule has 2 aromatic rings. The summed E-state index contributed by atoms with van der Waals surface area (Å²) in [5, 5.41) is 2.88. The summed E-state index contributed by atoms with van der Waals surface area (Å²) in [6.07, 6.45) is -0.434. The third kappa shape index (κ3) is 5.08. The summed E-state index contributed by atoms with van der Waals surface area (Å²) in [5.74, 6) is -0.0674. The normalized spacial score (nSPS) is 15.8. The van der Waals surface area contributed by atoms with Crippen LogP contribution in [0.4, 0.5) is 4.79 Å². The number of benzene rings is 2. The summed E-state index contributed by atoms with van der Waals surface area (Å²) in [6.45, 7) is 3.41. The summed E-state index contributed by atoms with van der Waals surface area (Å²) < 4.78 is 10.6. The van der Waals surface area contributed by atoms with E-state index in [1.807, 2.05) is 67.6 Å². The fourth-order valence-corrected chi connectivity index (χ4v) is 3.03. The molecule has 0 aromatic heterocycles. The van der Waals surface area contributed by atoms with Crippen LogP contribution in [0.5, 0.6) is 0 Å². The van der Waals surface area contributed by atoms with E-state index in [0.29, 0.717) is 19.9 Å². The molecule has 27 heavy (non-hydrogen) atoms. The number of hydrogen-bond acceptors (Lipinski definition) is 4. The van der Waals surface area contributed by atoms with Crippen molar-refractivity contribution in [2.24, 2.45) is 0 Å². The minimum atomic E-state index is -0.880. The number of nitrogens with zero attached hydrogens (tertiary/aromatic N) is 1. The Morgan fingerprint density at radius 1 is 1.11 bits per heavy atom. The Morgan fingerprint density at radius 3 is 2.41 bits per heavy atom. The van der Waals surface area contributed by atoms with E-state index in [1.54, 1.807) is 4.90 Å². The van der Waals surface area contributed by atoms with Crippen molar-refractivity contribution in [3.05, 3.63) is 71.8 Å². The maximum Gasteiger partial charge on any atom is 0.408 e. The molecule has 142 valence electrons. The van der Waals surface area contributed by atoms with Crippen LogP contribution in [0.25, 0.3) is 0 Å². The third-order valence-electron chi connectivity index (χ3n) is 4.61. The van der Waals surface area contributed by atoms with Crippen molar-refractivity contribution in [1.29, 1.82) is 0 Å². The van der Waals surface area contributed by atoms with Gasteiger partial charge in [0.15, 0.2) is 0 Å². The van der Waals surface area contributed by atoms with Crippen molar-refractivity contribution in [2.45, 2.75) is 25.5 Å². The maximum atomic E-state index is 12.6. The lowest BCUT2D eigenvalue weighted by molar-refractivity contribution is -0.133. The van der Waals surface area contributed by atoms with Crippen LogP contribution in [0.2, 0.25) is 0 Å². The molecule has 0 radical (unpaired) electrons. The molecule has 1 aliphatic heterocycles. The van der Waals surface area contributed by atoms with Gasteiger partial charge in [-0.05, 0) is 18.1 Å². The first kappa shape index (κ1) is 18.9. The van der Waals surface area contributed by atoms with E-state index < -0.39 is 11.6 Å². The molecule has 1 unspecified atom stereocenters. The Bertz CT molecular complexity index is 760. The van der Waals surface area contributed by atoms with Gasteiger partial charge < -0.3 is 19.7 Å². The largest absolute Gasteiger partial charge is 0.445 e. The quantitative estimate of drug-likeness (QED) is 0.851. The number of ether oxygens (including phenoxy) is 2. The van der Waals surface area contributed by atoms with E-state index in [0.717, 1.165) is 11.1 Å². The lowest BCUT2D eigenvalue weighted by Gasteiger charge is -2.31. The van der Waals surface area contributed by atoms with E-state index in [-0.39, 0.29) is 18.9 Å². The SMILES string of the molecule is CC(CC(=O)N1CCOC1)(NC(=O)OCc1ccccc1)c1ccccc1. The van der Waals surface area contributed by atoms with E-state index in [2.05, 4.69) is 5.32 Å². The highest BCUT2D eigenvalue weighted by Crippen LogP contribution is 2.26. The highest BCUT2D eigenvalue weighted by molar-refractivity contribution is 5.79. The molecule has 0 bridgehead atoms. The zero-order valence-corrected chi connectivity index (χ0v) is 15.4. The molecule has 0 spiro atoms. The second-order valence-corrected chi connectivity index (χ2v) is 6.76. The van der Waals surface area contributed by atoms with Gasteiger partial charge in [-0.3, -0.25) is 4.79 Å². The van der Waals surface area contributed by atoms with Crippen molar-refractivity contribution in [1.82, 2.24) is 10.2 Å². The second kappa shape index (κ2) is 8.68. The highest BCUT2D eigenvalue weighted by atomic mass is 16.5. The van der Waals surface area contributed by atoms with Crippen molar-refractivity contribution in [3.8, 4) is 0 Å². The summed E-state index contributed by atoms with van der Waals surface area (Å²) in [4.78, 5) is 26.7. The molecule has 3 rings (SSSR count). The van der Waals surface area contributed by atoms with Gasteiger partial charge in [-0.25, -0.2) is 4.79 Å². The predicted molar refractivity (Wildman–Crippen MR) is 101 cm³/mol. The van der Waals surface area contributed by atoms with E-state index >= 15 is 0 Å². The van der Waals surface area contributed by atoms with Crippen molar-refractivity contribution in [2.75, 3.05) is 19.9 Å². The minimum Gasteiger partial charge on any atom is -0.445 e. The summed E-state index contributed by atoms with van der Waals surface area (Å²) in [7, 11) is 0. The van der Waals surface area contributed by atoms with Gasteiger partial charge in [0.25, 0.3) is 0 Å². The summed E-state index contributed by atoms with van der Waals surface area (Å²) in [6, 6.07) is 18.9. The van der Waals surface area contributed by atoms with Gasteiger partial charge in [-0.2, -0.15) is 0 Å². The number of rotatable bonds is 6. The molecule has 1 N–H and O–H groups in total. The van der Waals surface area contributed by atoms with E-state index in [9.17, 15) is 9.59 Å². The maximum absolute atomic E-state index is 12.6. The van der Waals surface area contributed by atoms with Crippen molar-refractivity contribution < 1.29 is 19.1 Å². The van der Waals surface area contributed by atoms with E-state index in [1.165, 1.54) is 0 Å². The van der Waals surface area contributed by atoms with Crippen molar-refractivity contribution in [3.63, 3.8) is 0 Å². The number of carbonyl (C=O) groups is 2. The lowest BCUT2D eigenvalue weighted by atomic mass is 9.88. The molecule has 6 heteroatoms. The topological polar surface area (TPSA) is 67.9 Å². The average molecular weight is 368 g/mol. The molecule has 1 aliphatic rings. The molecule has 6 nitrogen and oxygen atoms in total. The molecule has 1 atom stereocenters. The van der Waals surface area contributed by atoms with Crippen LogP contribution >= 0.6 is 0 Å². The Balaban J connectivity index is 1.69. The van der Waals surface area contributed by atoms with Gasteiger partial charge >= 0.3 is 6.09 Å². The number of nitrogens with one attached hydrogen (secondary N) is 1. The second-order valence-electron chi connectivity index (χ2n) is 6.76. The molecular formula is C21H24N2O4. The molecule has 2 amide bonds. The van der Waals surface area contributed by atoms with Crippen LogP contribution in [0, 0.1) is 0 Å². The number of carbonyl (C=O) groups excluding carboxylic acids is 2. The monoisotopic (exact) mass is 368 g/mol. The predicted octanol–water partition coefficient (Wildman–Crippen LogP) is 3.03. The van der Waals surface area contributed by atoms with Gasteiger partial charge in [-0.15, -0.1) is 0 Å². The van der Waals surface area contributed by atoms with Crippen LogP contribution in [0.1, 0.15) is 24.5 Å². The Hall–Kier alpha value is -2.86. The van der Waals surface area contributed by atoms with Crippen LogP contribution < -0.4 is 5.32 Å².